The van der Waals surface area contributed by atoms with E-state index in [1.807, 2.05) is 0 Å². The molecule has 0 unspecified atom stereocenters. The van der Waals surface area contributed by atoms with Crippen molar-refractivity contribution in [2.45, 2.75) is 20.8 Å². The molecule has 1 heterocycles. The zero-order valence-electron chi connectivity index (χ0n) is 13.1. The number of aromatic amines is 1. The number of nitro benzene ring substituents is 1. The molecule has 2 rings (SSSR count). The van der Waals surface area contributed by atoms with E-state index in [0.717, 1.165) is 0 Å². The lowest BCUT2D eigenvalue weighted by Gasteiger charge is -2.16. The number of hydrogen-bond donors (Lipinski definition) is 1. The fourth-order valence-electron chi connectivity index (χ4n) is 2.21. The van der Waals surface area contributed by atoms with E-state index >= 15 is 0 Å². The Bertz CT molecular complexity index is 731. The van der Waals surface area contributed by atoms with Crippen molar-refractivity contribution in [3.63, 3.8) is 0 Å². The number of non-ortho nitro benzene ring substituents is 1. The van der Waals surface area contributed by atoms with Crippen LogP contribution in [0.25, 0.3) is 11.1 Å². The lowest BCUT2D eigenvalue weighted by atomic mass is 10.1. The summed E-state index contributed by atoms with van der Waals surface area (Å²) in [5.41, 5.74) is 2.07. The van der Waals surface area contributed by atoms with Crippen LogP contribution in [0.5, 0.6) is 0 Å². The molecular weight excluding hydrogens is 321 g/mol. The van der Waals surface area contributed by atoms with Gasteiger partial charge in [0.1, 0.15) is 0 Å². The molecule has 1 aromatic heterocycles. The number of nitrogens with one attached hydrogen (secondary N) is 1. The standard InChI is InChI=1S/C14H18N3O5P/c1-4-21-23(20,22-5-2)14-13(10(3)15-16-14)11-6-8-12(9-7-11)17(18)19/h6-9H,4-5H2,1-3H3,(H,15,16). The topological polar surface area (TPSA) is 107 Å². The largest absolute Gasteiger partial charge is 0.382 e. The second-order valence-electron chi connectivity index (χ2n) is 4.68. The van der Waals surface area contributed by atoms with Gasteiger partial charge >= 0.3 is 7.60 Å². The fourth-order valence-corrected chi connectivity index (χ4v) is 3.95. The molecule has 0 aliphatic heterocycles. The molecule has 124 valence electrons. The molecule has 9 heteroatoms. The molecule has 0 bridgehead atoms. The van der Waals surface area contributed by atoms with Crippen molar-refractivity contribution in [3.05, 3.63) is 40.1 Å². The predicted molar refractivity (Wildman–Crippen MR) is 85.9 cm³/mol. The maximum absolute atomic E-state index is 13.0. The molecule has 1 N–H and O–H groups in total. The lowest BCUT2D eigenvalue weighted by Crippen LogP contribution is -2.14. The van der Waals surface area contributed by atoms with Crippen LogP contribution < -0.4 is 5.44 Å². The van der Waals surface area contributed by atoms with E-state index in [-0.39, 0.29) is 24.3 Å². The first-order chi connectivity index (χ1) is 10.9. The molecule has 2 aromatic rings. The molecule has 0 amide bonds. The van der Waals surface area contributed by atoms with Crippen LogP contribution in [0.3, 0.4) is 0 Å². The predicted octanol–water partition coefficient (Wildman–Crippen LogP) is 3.18. The van der Waals surface area contributed by atoms with E-state index in [4.69, 9.17) is 9.05 Å². The Morgan fingerprint density at radius 2 is 1.78 bits per heavy atom. The number of aromatic nitrogens is 2. The third-order valence-electron chi connectivity index (χ3n) is 3.15. The molecule has 8 nitrogen and oxygen atoms in total. The highest BCUT2D eigenvalue weighted by atomic mass is 31.2. The normalized spacial score (nSPS) is 11.6. The Balaban J connectivity index is 2.53. The summed E-state index contributed by atoms with van der Waals surface area (Å²) in [6.07, 6.45) is 0. The summed E-state index contributed by atoms with van der Waals surface area (Å²) in [6, 6.07) is 5.94. The van der Waals surface area contributed by atoms with Gasteiger partial charge in [0.15, 0.2) is 5.44 Å². The second-order valence-corrected chi connectivity index (χ2v) is 6.62. The summed E-state index contributed by atoms with van der Waals surface area (Å²) in [5, 5.41) is 17.6. The summed E-state index contributed by atoms with van der Waals surface area (Å²) in [6.45, 7) is 5.63. The van der Waals surface area contributed by atoms with Gasteiger partial charge in [0.25, 0.3) is 5.69 Å². The lowest BCUT2D eigenvalue weighted by molar-refractivity contribution is -0.384. The molecular formula is C14H18N3O5P. The van der Waals surface area contributed by atoms with Gasteiger partial charge in [-0.3, -0.25) is 19.8 Å². The van der Waals surface area contributed by atoms with Gasteiger partial charge in [0.2, 0.25) is 0 Å². The van der Waals surface area contributed by atoms with Gasteiger partial charge in [-0.15, -0.1) is 0 Å². The summed E-state index contributed by atoms with van der Waals surface area (Å²) >= 11 is 0. The van der Waals surface area contributed by atoms with Gasteiger partial charge in [-0.25, -0.2) is 0 Å². The monoisotopic (exact) mass is 339 g/mol. The van der Waals surface area contributed by atoms with Gasteiger partial charge in [-0.05, 0) is 38.5 Å². The minimum atomic E-state index is -3.56. The highest BCUT2D eigenvalue weighted by Crippen LogP contribution is 2.49. The molecule has 23 heavy (non-hydrogen) atoms. The Kier molecular flexibility index (Phi) is 5.30. The number of rotatable bonds is 7. The second kappa shape index (κ2) is 7.04. The molecule has 0 atom stereocenters. The maximum atomic E-state index is 13.0. The van der Waals surface area contributed by atoms with Gasteiger partial charge in [-0.1, -0.05) is 0 Å². The summed E-state index contributed by atoms with van der Waals surface area (Å²) in [5.74, 6) is 0. The number of aryl methyl sites for hydroxylation is 1. The summed E-state index contributed by atoms with van der Waals surface area (Å²) in [7, 11) is -3.56. The molecule has 1 aromatic carbocycles. The van der Waals surface area contributed by atoms with E-state index < -0.39 is 12.5 Å². The molecule has 0 aliphatic rings. The van der Waals surface area contributed by atoms with Crippen LogP contribution in [-0.4, -0.2) is 28.3 Å². The van der Waals surface area contributed by atoms with E-state index in [1.54, 1.807) is 32.9 Å². The van der Waals surface area contributed by atoms with E-state index in [2.05, 4.69) is 10.2 Å². The van der Waals surface area contributed by atoms with Crippen molar-refractivity contribution in [3.8, 4) is 11.1 Å². The van der Waals surface area contributed by atoms with Crippen molar-refractivity contribution in [2.75, 3.05) is 13.2 Å². The highest BCUT2D eigenvalue weighted by molar-refractivity contribution is 7.62. The first-order valence-electron chi connectivity index (χ1n) is 7.12. The smallest absolute Gasteiger partial charge is 0.304 e. The van der Waals surface area contributed by atoms with Crippen LogP contribution in [0.4, 0.5) is 5.69 Å². The van der Waals surface area contributed by atoms with E-state index in [9.17, 15) is 14.7 Å². The minimum absolute atomic E-state index is 0.0192. The molecule has 0 radical (unpaired) electrons. The third-order valence-corrected chi connectivity index (χ3v) is 5.19. The first kappa shape index (κ1) is 17.3. The highest BCUT2D eigenvalue weighted by Gasteiger charge is 2.34. The van der Waals surface area contributed by atoms with Crippen molar-refractivity contribution in [2.24, 2.45) is 0 Å². The van der Waals surface area contributed by atoms with E-state index in [1.165, 1.54) is 12.1 Å². The summed E-state index contributed by atoms with van der Waals surface area (Å²) in [4.78, 5) is 10.3. The fraction of sp³-hybridized carbons (Fsp3) is 0.357. The van der Waals surface area contributed by atoms with Crippen molar-refractivity contribution >= 4 is 18.7 Å². The average molecular weight is 339 g/mol. The van der Waals surface area contributed by atoms with Crippen LogP contribution in [-0.2, 0) is 13.6 Å². The van der Waals surface area contributed by atoms with Crippen molar-refractivity contribution in [1.29, 1.82) is 0 Å². The number of hydrogen-bond acceptors (Lipinski definition) is 6. The summed E-state index contributed by atoms with van der Waals surface area (Å²) < 4.78 is 23.6. The number of benzene rings is 1. The van der Waals surface area contributed by atoms with Crippen LogP contribution in [0.15, 0.2) is 24.3 Å². The van der Waals surface area contributed by atoms with Crippen LogP contribution in [0.1, 0.15) is 19.5 Å². The molecule has 0 aliphatic carbocycles. The Hall–Kier alpha value is -2.02. The first-order valence-corrected chi connectivity index (χ1v) is 8.66. The van der Waals surface area contributed by atoms with Gasteiger partial charge in [0.05, 0.1) is 18.1 Å². The van der Waals surface area contributed by atoms with Crippen molar-refractivity contribution < 1.29 is 18.5 Å². The number of H-pyrrole nitrogens is 1. The number of nitrogens with zero attached hydrogens (tertiary/aromatic N) is 2. The van der Waals surface area contributed by atoms with Crippen LogP contribution >= 0.6 is 7.60 Å². The van der Waals surface area contributed by atoms with Crippen molar-refractivity contribution in [1.82, 2.24) is 10.2 Å². The molecule has 0 spiro atoms. The third kappa shape index (κ3) is 3.50. The Morgan fingerprint density at radius 3 is 2.26 bits per heavy atom. The van der Waals surface area contributed by atoms with E-state index in [0.29, 0.717) is 16.8 Å². The maximum Gasteiger partial charge on any atom is 0.382 e. The van der Waals surface area contributed by atoms with Gasteiger partial charge in [-0.2, -0.15) is 5.10 Å². The average Bonchev–Trinajstić information content (AvgIpc) is 2.90. The molecule has 0 fully saturated rings. The minimum Gasteiger partial charge on any atom is -0.304 e. The Labute approximate surface area is 133 Å². The zero-order chi connectivity index (χ0) is 17.0. The quantitative estimate of drug-likeness (QED) is 0.471. The van der Waals surface area contributed by atoms with Crippen LogP contribution in [0.2, 0.25) is 0 Å². The SMILES string of the molecule is CCOP(=O)(OCC)c1n[nH]c(C)c1-c1ccc([N+](=O)[O-])cc1. The van der Waals surface area contributed by atoms with Gasteiger partial charge in [0, 0.05) is 23.4 Å². The van der Waals surface area contributed by atoms with Gasteiger partial charge < -0.3 is 9.05 Å². The van der Waals surface area contributed by atoms with Crippen LogP contribution in [0, 0.1) is 17.0 Å². The molecule has 0 saturated heterocycles. The molecule has 0 saturated carbocycles. The zero-order valence-corrected chi connectivity index (χ0v) is 14.0. The Morgan fingerprint density at radius 1 is 1.22 bits per heavy atom. The number of nitro groups is 1.